The lowest BCUT2D eigenvalue weighted by molar-refractivity contribution is -0.115. The minimum Gasteiger partial charge on any atom is -0.496 e. The van der Waals surface area contributed by atoms with Crippen LogP contribution in [0.3, 0.4) is 0 Å². The normalized spacial score (nSPS) is 11.8. The minimum atomic E-state index is -0.535. The van der Waals surface area contributed by atoms with E-state index in [-0.39, 0.29) is 11.6 Å². The molecule has 3 N–H and O–H groups in total. The number of ether oxygens (including phenoxy) is 1. The van der Waals surface area contributed by atoms with Gasteiger partial charge in [-0.05, 0) is 67.1 Å². The summed E-state index contributed by atoms with van der Waals surface area (Å²) in [6.07, 6.45) is 1.53. The number of nitrogens with zero attached hydrogens (tertiary/aromatic N) is 1. The Morgan fingerprint density at radius 1 is 0.913 bits per heavy atom. The van der Waals surface area contributed by atoms with Crippen molar-refractivity contribution in [2.45, 2.75) is 17.1 Å². The van der Waals surface area contributed by atoms with E-state index in [0.29, 0.717) is 38.4 Å². The van der Waals surface area contributed by atoms with E-state index in [2.05, 4.69) is 20.9 Å². The van der Waals surface area contributed by atoms with E-state index < -0.39 is 17.1 Å². The second kappa shape index (κ2) is 15.4. The summed E-state index contributed by atoms with van der Waals surface area (Å²) in [7, 11) is 1.60. The standard InChI is InChI=1S/C35H29ClN4O4S2/c1-22(32(41)40-35-39-30(21-45-35)27-16-7-9-18-31(27)44-2)46-26-15-10-14-25(20-26)37-34(43)29(19-24-13-6-8-17-28(24)36)38-33(42)23-11-4-3-5-12-23/h3-22H,1-2H3,(H,37,43)(H,38,42)(H,39,40,41)/b29-19+. The van der Waals surface area contributed by atoms with Gasteiger partial charge in [-0.1, -0.05) is 66.2 Å². The lowest BCUT2D eigenvalue weighted by Crippen LogP contribution is -2.30. The first-order valence-corrected chi connectivity index (χ1v) is 16.2. The highest BCUT2D eigenvalue weighted by molar-refractivity contribution is 8.00. The van der Waals surface area contributed by atoms with E-state index in [1.54, 1.807) is 86.8 Å². The van der Waals surface area contributed by atoms with Crippen LogP contribution < -0.4 is 20.7 Å². The zero-order valence-corrected chi connectivity index (χ0v) is 27.2. The van der Waals surface area contributed by atoms with E-state index >= 15 is 0 Å². The molecule has 8 nitrogen and oxygen atoms in total. The summed E-state index contributed by atoms with van der Waals surface area (Å²) in [5, 5.41) is 10.8. The van der Waals surface area contributed by atoms with Crippen molar-refractivity contribution in [1.82, 2.24) is 10.3 Å². The minimum absolute atomic E-state index is 0.0173. The van der Waals surface area contributed by atoms with Crippen molar-refractivity contribution in [3.8, 4) is 17.0 Å². The van der Waals surface area contributed by atoms with Crippen LogP contribution in [0.2, 0.25) is 5.02 Å². The third kappa shape index (κ3) is 8.42. The largest absolute Gasteiger partial charge is 0.496 e. The molecule has 1 aromatic heterocycles. The summed E-state index contributed by atoms with van der Waals surface area (Å²) in [5.41, 5.74) is 3.03. The molecule has 0 spiro atoms. The number of thiazole rings is 1. The number of amides is 3. The van der Waals surface area contributed by atoms with Crippen molar-refractivity contribution in [2.75, 3.05) is 17.7 Å². The summed E-state index contributed by atoms with van der Waals surface area (Å²) < 4.78 is 5.43. The first kappa shape index (κ1) is 32.5. The molecule has 0 aliphatic carbocycles. The highest BCUT2D eigenvalue weighted by atomic mass is 35.5. The van der Waals surface area contributed by atoms with Gasteiger partial charge in [-0.25, -0.2) is 4.98 Å². The van der Waals surface area contributed by atoms with Crippen LogP contribution in [0.15, 0.2) is 119 Å². The fourth-order valence-corrected chi connectivity index (χ4v) is 6.14. The summed E-state index contributed by atoms with van der Waals surface area (Å²) in [4.78, 5) is 44.8. The van der Waals surface area contributed by atoms with Crippen molar-refractivity contribution in [3.05, 3.63) is 130 Å². The Hall–Kier alpha value is -4.90. The van der Waals surface area contributed by atoms with E-state index in [9.17, 15) is 14.4 Å². The Bertz CT molecular complexity index is 1890. The second-order valence-electron chi connectivity index (χ2n) is 9.87. The summed E-state index contributed by atoms with van der Waals surface area (Å²) >= 11 is 9.01. The van der Waals surface area contributed by atoms with Crippen molar-refractivity contribution in [2.24, 2.45) is 0 Å². The number of aromatic nitrogens is 1. The number of hydrogen-bond donors (Lipinski definition) is 3. The molecule has 11 heteroatoms. The third-order valence-electron chi connectivity index (χ3n) is 6.63. The SMILES string of the molecule is COc1ccccc1-c1csc(NC(=O)C(C)Sc2cccc(NC(=O)/C(=C\c3ccccc3Cl)NC(=O)c3ccccc3)c2)n1. The molecule has 0 bridgehead atoms. The molecule has 232 valence electrons. The van der Waals surface area contributed by atoms with Crippen molar-refractivity contribution >= 4 is 69.3 Å². The van der Waals surface area contributed by atoms with Crippen LogP contribution in [0.25, 0.3) is 17.3 Å². The molecule has 46 heavy (non-hydrogen) atoms. The molecule has 1 atom stereocenters. The number of carbonyl (C=O) groups is 3. The first-order valence-electron chi connectivity index (χ1n) is 14.1. The molecule has 0 aliphatic rings. The summed E-state index contributed by atoms with van der Waals surface area (Å²) in [6, 6.07) is 30.3. The average Bonchev–Trinajstić information content (AvgIpc) is 3.54. The van der Waals surface area contributed by atoms with Gasteiger partial charge in [0.25, 0.3) is 11.8 Å². The highest BCUT2D eigenvalue weighted by Gasteiger charge is 2.19. The summed E-state index contributed by atoms with van der Waals surface area (Å²) in [5.74, 6) is -0.485. The molecule has 0 aliphatic heterocycles. The van der Waals surface area contributed by atoms with E-state index in [1.165, 1.54) is 29.2 Å². The summed E-state index contributed by atoms with van der Waals surface area (Å²) in [6.45, 7) is 1.80. The number of rotatable bonds is 11. The molecule has 5 aromatic rings. The number of halogens is 1. The average molecular weight is 669 g/mol. The Labute approximate surface area is 279 Å². The van der Waals surface area contributed by atoms with Crippen molar-refractivity contribution in [3.63, 3.8) is 0 Å². The number of para-hydroxylation sites is 1. The van der Waals surface area contributed by atoms with Gasteiger partial charge < -0.3 is 20.7 Å². The van der Waals surface area contributed by atoms with Gasteiger partial charge in [0.15, 0.2) is 5.13 Å². The number of thioether (sulfide) groups is 1. The Morgan fingerprint density at radius 2 is 1.65 bits per heavy atom. The highest BCUT2D eigenvalue weighted by Crippen LogP contribution is 2.33. The van der Waals surface area contributed by atoms with Gasteiger partial charge in [-0.3, -0.25) is 14.4 Å². The molecule has 0 saturated heterocycles. The second-order valence-corrected chi connectivity index (χ2v) is 12.5. The van der Waals surface area contributed by atoms with Crippen LogP contribution in [0.4, 0.5) is 10.8 Å². The quantitative estimate of drug-likeness (QED) is 0.0972. The Balaban J connectivity index is 1.26. The maximum atomic E-state index is 13.5. The molecule has 1 heterocycles. The van der Waals surface area contributed by atoms with Gasteiger partial charge in [-0.15, -0.1) is 23.1 Å². The molecule has 0 saturated carbocycles. The third-order valence-corrected chi connectivity index (χ3v) is 8.82. The predicted octanol–water partition coefficient (Wildman–Crippen LogP) is 8.00. The molecule has 1 unspecified atom stereocenters. The Kier molecular flexibility index (Phi) is 10.9. The van der Waals surface area contributed by atoms with Gasteiger partial charge in [0.1, 0.15) is 11.4 Å². The van der Waals surface area contributed by atoms with Gasteiger partial charge in [0, 0.05) is 32.1 Å². The van der Waals surface area contributed by atoms with Crippen LogP contribution in [0.5, 0.6) is 5.75 Å². The lowest BCUT2D eigenvalue weighted by Gasteiger charge is -2.14. The molecule has 3 amide bonds. The number of hydrogen-bond acceptors (Lipinski definition) is 7. The Morgan fingerprint density at radius 3 is 2.43 bits per heavy atom. The van der Waals surface area contributed by atoms with E-state index in [4.69, 9.17) is 16.3 Å². The zero-order valence-electron chi connectivity index (χ0n) is 24.8. The molecule has 5 rings (SSSR count). The van der Waals surface area contributed by atoms with Crippen molar-refractivity contribution in [1.29, 1.82) is 0 Å². The van der Waals surface area contributed by atoms with Gasteiger partial charge >= 0.3 is 0 Å². The molecule has 0 fully saturated rings. The smallest absolute Gasteiger partial charge is 0.272 e. The molecule has 4 aromatic carbocycles. The van der Waals surface area contributed by atoms with E-state index in [1.807, 2.05) is 35.7 Å². The molecule has 0 radical (unpaired) electrons. The first-order chi connectivity index (χ1) is 22.3. The van der Waals surface area contributed by atoms with Gasteiger partial charge in [0.05, 0.1) is 18.1 Å². The number of methoxy groups -OCH3 is 1. The molecular formula is C35H29ClN4O4S2. The van der Waals surface area contributed by atoms with Crippen molar-refractivity contribution < 1.29 is 19.1 Å². The number of benzene rings is 4. The fraction of sp³-hybridized carbons (Fsp3) is 0.0857. The van der Waals surface area contributed by atoms with Gasteiger partial charge in [0.2, 0.25) is 5.91 Å². The number of nitrogens with one attached hydrogen (secondary N) is 3. The maximum Gasteiger partial charge on any atom is 0.272 e. The van der Waals surface area contributed by atoms with E-state index in [0.717, 1.165) is 10.5 Å². The van der Waals surface area contributed by atoms with Crippen LogP contribution in [0, 0.1) is 0 Å². The van der Waals surface area contributed by atoms with Crippen LogP contribution in [-0.4, -0.2) is 35.1 Å². The lowest BCUT2D eigenvalue weighted by atomic mass is 10.1. The zero-order chi connectivity index (χ0) is 32.5. The van der Waals surface area contributed by atoms with Crippen LogP contribution >= 0.6 is 34.7 Å². The molecular weight excluding hydrogens is 640 g/mol. The fourth-order valence-electron chi connectivity index (χ4n) is 4.31. The maximum absolute atomic E-state index is 13.5. The monoisotopic (exact) mass is 668 g/mol. The van der Waals surface area contributed by atoms with Gasteiger partial charge in [-0.2, -0.15) is 0 Å². The predicted molar refractivity (Wildman–Crippen MR) is 186 cm³/mol. The number of carbonyl (C=O) groups excluding carboxylic acids is 3. The topological polar surface area (TPSA) is 109 Å². The van der Waals surface area contributed by atoms with Crippen LogP contribution in [-0.2, 0) is 9.59 Å². The van der Waals surface area contributed by atoms with Crippen LogP contribution in [0.1, 0.15) is 22.8 Å². The number of anilines is 2.